The quantitative estimate of drug-likeness (QED) is 0.599. The standard InChI is InChI=1S/C10H11BINO3/c12-6-1-2-7-10-9(6)8(5-13)16-11(10)15-4-3-14-7/h1-2,8H,3-5,13H2. The smallest absolute Gasteiger partial charge is 0.492 e. The highest BCUT2D eigenvalue weighted by molar-refractivity contribution is 14.1. The molecule has 0 saturated carbocycles. The van der Waals surface area contributed by atoms with Gasteiger partial charge >= 0.3 is 7.12 Å². The van der Waals surface area contributed by atoms with Crippen molar-refractivity contribution in [3.8, 4) is 5.75 Å². The van der Waals surface area contributed by atoms with Crippen molar-refractivity contribution in [2.45, 2.75) is 6.10 Å². The van der Waals surface area contributed by atoms with Gasteiger partial charge in [-0.15, -0.1) is 0 Å². The fraction of sp³-hybridized carbons (Fsp3) is 0.400. The second-order valence-corrected chi connectivity index (χ2v) is 4.95. The van der Waals surface area contributed by atoms with Crippen LogP contribution in [0.15, 0.2) is 12.1 Å². The first-order valence-electron chi connectivity index (χ1n) is 5.23. The molecule has 1 aromatic carbocycles. The zero-order chi connectivity index (χ0) is 11.1. The van der Waals surface area contributed by atoms with Gasteiger partial charge in [-0.25, -0.2) is 0 Å². The molecule has 0 fully saturated rings. The lowest BCUT2D eigenvalue weighted by atomic mass is 9.78. The second kappa shape index (κ2) is 4.17. The average Bonchev–Trinajstić information content (AvgIpc) is 2.55. The SMILES string of the molecule is NCC1OB2OCCOc3ccc(I)c1c32. The Kier molecular flexibility index (Phi) is 2.82. The normalized spacial score (nSPS) is 22.6. The largest absolute Gasteiger partial charge is 0.498 e. The van der Waals surface area contributed by atoms with Crippen molar-refractivity contribution in [3.05, 3.63) is 21.3 Å². The van der Waals surface area contributed by atoms with Crippen molar-refractivity contribution >= 4 is 35.2 Å². The summed E-state index contributed by atoms with van der Waals surface area (Å²) < 4.78 is 18.2. The summed E-state index contributed by atoms with van der Waals surface area (Å²) in [5.74, 6) is 0.869. The maximum absolute atomic E-state index is 5.79. The zero-order valence-electron chi connectivity index (χ0n) is 8.61. The van der Waals surface area contributed by atoms with E-state index in [9.17, 15) is 0 Å². The topological polar surface area (TPSA) is 53.7 Å². The Bertz CT molecular complexity index is 429. The van der Waals surface area contributed by atoms with Gasteiger partial charge in [0.25, 0.3) is 0 Å². The van der Waals surface area contributed by atoms with Crippen LogP contribution in [0.4, 0.5) is 0 Å². The molecule has 2 N–H and O–H groups in total. The third kappa shape index (κ3) is 1.55. The van der Waals surface area contributed by atoms with Crippen LogP contribution in [-0.2, 0) is 9.31 Å². The van der Waals surface area contributed by atoms with Gasteiger partial charge < -0.3 is 19.8 Å². The van der Waals surface area contributed by atoms with Gasteiger partial charge in [-0.3, -0.25) is 0 Å². The Balaban J connectivity index is 2.17. The van der Waals surface area contributed by atoms with Crippen molar-refractivity contribution in [2.75, 3.05) is 19.8 Å². The van der Waals surface area contributed by atoms with Crippen molar-refractivity contribution in [1.29, 1.82) is 0 Å². The minimum Gasteiger partial charge on any atom is -0.492 e. The molecule has 2 heterocycles. The molecule has 2 aliphatic rings. The molecule has 0 bridgehead atoms. The minimum atomic E-state index is -0.309. The number of hydrogen-bond acceptors (Lipinski definition) is 4. The van der Waals surface area contributed by atoms with Gasteiger partial charge in [0.05, 0.1) is 12.7 Å². The van der Waals surface area contributed by atoms with Crippen LogP contribution in [0.3, 0.4) is 0 Å². The Hall–Kier alpha value is -0.305. The Morgan fingerprint density at radius 2 is 2.31 bits per heavy atom. The van der Waals surface area contributed by atoms with E-state index in [1.807, 2.05) is 12.1 Å². The van der Waals surface area contributed by atoms with Crippen LogP contribution in [0.1, 0.15) is 11.7 Å². The van der Waals surface area contributed by atoms with E-state index in [1.165, 1.54) is 0 Å². The maximum Gasteiger partial charge on any atom is 0.498 e. The van der Waals surface area contributed by atoms with Crippen molar-refractivity contribution in [1.82, 2.24) is 0 Å². The summed E-state index contributed by atoms with van der Waals surface area (Å²) >= 11 is 2.30. The molecule has 0 saturated heterocycles. The molecular weight excluding hydrogens is 320 g/mol. The molecule has 6 heteroatoms. The molecule has 1 atom stereocenters. The van der Waals surface area contributed by atoms with E-state index < -0.39 is 0 Å². The molecule has 0 radical (unpaired) electrons. The third-order valence-electron chi connectivity index (χ3n) is 2.86. The van der Waals surface area contributed by atoms with Crippen LogP contribution in [0.2, 0.25) is 0 Å². The first-order valence-corrected chi connectivity index (χ1v) is 6.31. The van der Waals surface area contributed by atoms with Gasteiger partial charge in [0.1, 0.15) is 12.4 Å². The summed E-state index contributed by atoms with van der Waals surface area (Å²) in [7, 11) is -0.309. The number of rotatable bonds is 1. The summed E-state index contributed by atoms with van der Waals surface area (Å²) in [6, 6.07) is 4.01. The third-order valence-corrected chi connectivity index (χ3v) is 3.80. The summed E-state index contributed by atoms with van der Waals surface area (Å²) in [6.07, 6.45) is -0.0754. The molecule has 0 spiro atoms. The number of nitrogens with two attached hydrogens (primary N) is 1. The highest BCUT2D eigenvalue weighted by atomic mass is 127. The fourth-order valence-corrected chi connectivity index (χ4v) is 2.99. The van der Waals surface area contributed by atoms with E-state index in [4.69, 9.17) is 19.8 Å². The zero-order valence-corrected chi connectivity index (χ0v) is 10.8. The van der Waals surface area contributed by atoms with Crippen LogP contribution in [0.5, 0.6) is 5.75 Å². The molecule has 2 aliphatic heterocycles. The lowest BCUT2D eigenvalue weighted by Gasteiger charge is -2.13. The molecule has 3 rings (SSSR count). The van der Waals surface area contributed by atoms with Crippen LogP contribution < -0.4 is 15.9 Å². The molecule has 4 nitrogen and oxygen atoms in total. The van der Waals surface area contributed by atoms with E-state index in [1.54, 1.807) is 0 Å². The number of halogens is 1. The molecule has 0 amide bonds. The van der Waals surface area contributed by atoms with E-state index in [2.05, 4.69) is 22.6 Å². The first-order chi connectivity index (χ1) is 7.81. The van der Waals surface area contributed by atoms with E-state index in [0.29, 0.717) is 19.8 Å². The van der Waals surface area contributed by atoms with Gasteiger partial charge in [-0.2, -0.15) is 0 Å². The van der Waals surface area contributed by atoms with Gasteiger partial charge in [-0.1, -0.05) is 0 Å². The lowest BCUT2D eigenvalue weighted by Crippen LogP contribution is -2.31. The second-order valence-electron chi connectivity index (χ2n) is 3.78. The highest BCUT2D eigenvalue weighted by Gasteiger charge is 2.42. The van der Waals surface area contributed by atoms with Crippen LogP contribution in [0.25, 0.3) is 0 Å². The summed E-state index contributed by atoms with van der Waals surface area (Å²) in [5.41, 5.74) is 7.88. The Morgan fingerprint density at radius 1 is 1.44 bits per heavy atom. The highest BCUT2D eigenvalue weighted by Crippen LogP contribution is 2.32. The predicted octanol–water partition coefficient (Wildman–Crippen LogP) is 0.425. The number of benzene rings is 1. The fourth-order valence-electron chi connectivity index (χ4n) is 2.17. The molecule has 84 valence electrons. The minimum absolute atomic E-state index is 0.0754. The number of ether oxygens (including phenoxy) is 1. The predicted molar refractivity (Wildman–Crippen MR) is 68.9 cm³/mol. The number of hydrogen-bond donors (Lipinski definition) is 1. The molecule has 1 aromatic rings. The van der Waals surface area contributed by atoms with E-state index >= 15 is 0 Å². The van der Waals surface area contributed by atoms with Crippen LogP contribution in [0, 0.1) is 3.57 Å². The summed E-state index contributed by atoms with van der Waals surface area (Å²) in [5, 5.41) is 0. The average molecular weight is 331 g/mol. The monoisotopic (exact) mass is 331 g/mol. The van der Waals surface area contributed by atoms with Gasteiger partial charge in [0.2, 0.25) is 0 Å². The molecule has 16 heavy (non-hydrogen) atoms. The Morgan fingerprint density at radius 3 is 3.12 bits per heavy atom. The molecule has 0 aliphatic carbocycles. The van der Waals surface area contributed by atoms with Crippen molar-refractivity contribution in [3.63, 3.8) is 0 Å². The first kappa shape index (κ1) is 10.8. The van der Waals surface area contributed by atoms with Crippen molar-refractivity contribution < 1.29 is 14.0 Å². The maximum atomic E-state index is 5.79. The Labute approximate surface area is 108 Å². The van der Waals surface area contributed by atoms with E-state index in [-0.39, 0.29) is 13.2 Å². The molecule has 0 aromatic heterocycles. The molecular formula is C10H11BINO3. The van der Waals surface area contributed by atoms with Gasteiger partial charge in [0, 0.05) is 15.6 Å². The summed E-state index contributed by atoms with van der Waals surface area (Å²) in [6.45, 7) is 1.58. The van der Waals surface area contributed by atoms with E-state index in [0.717, 1.165) is 20.3 Å². The molecule has 1 unspecified atom stereocenters. The lowest BCUT2D eigenvalue weighted by molar-refractivity contribution is 0.147. The van der Waals surface area contributed by atoms with Crippen LogP contribution >= 0.6 is 22.6 Å². The van der Waals surface area contributed by atoms with Crippen LogP contribution in [-0.4, -0.2) is 26.9 Å². The van der Waals surface area contributed by atoms with Crippen molar-refractivity contribution in [2.24, 2.45) is 5.73 Å². The van der Waals surface area contributed by atoms with Gasteiger partial charge in [0.15, 0.2) is 0 Å². The summed E-state index contributed by atoms with van der Waals surface area (Å²) in [4.78, 5) is 0. The van der Waals surface area contributed by atoms with Gasteiger partial charge in [-0.05, 0) is 40.3 Å².